The van der Waals surface area contributed by atoms with E-state index in [1.807, 2.05) is 55.5 Å². The highest BCUT2D eigenvalue weighted by Gasteiger charge is 2.30. The van der Waals surface area contributed by atoms with Gasteiger partial charge in [0.15, 0.2) is 5.17 Å². The van der Waals surface area contributed by atoms with Crippen LogP contribution in [0, 0.1) is 6.92 Å². The molecule has 0 bridgehead atoms. The van der Waals surface area contributed by atoms with Gasteiger partial charge in [0.2, 0.25) is 0 Å². The van der Waals surface area contributed by atoms with E-state index in [0.717, 1.165) is 22.3 Å². The molecule has 1 amide bonds. The minimum absolute atomic E-state index is 0.0710. The van der Waals surface area contributed by atoms with Crippen LogP contribution in [0.1, 0.15) is 11.1 Å². The van der Waals surface area contributed by atoms with Crippen LogP contribution >= 0.6 is 11.8 Å². The van der Waals surface area contributed by atoms with Crippen LogP contribution in [-0.4, -0.2) is 32.2 Å². The third-order valence-electron chi connectivity index (χ3n) is 4.86. The molecule has 2 heterocycles. The maximum atomic E-state index is 12.6. The van der Waals surface area contributed by atoms with E-state index in [1.165, 1.54) is 17.3 Å². The summed E-state index contributed by atoms with van der Waals surface area (Å²) in [6.45, 7) is 2.02. The quantitative estimate of drug-likeness (QED) is 0.628. The third-order valence-corrected chi connectivity index (χ3v) is 5.92. The molecule has 0 radical (unpaired) electrons. The number of hydrogen-bond acceptors (Lipinski definition) is 4. The van der Waals surface area contributed by atoms with Crippen LogP contribution in [0.25, 0.3) is 17.1 Å². The number of carbonyl (C=O) groups excluding carboxylic acids is 1. The number of likely N-dealkylation sites (N-methyl/N-ethyl adjacent to an activating group) is 1. The van der Waals surface area contributed by atoms with Crippen LogP contribution in [0.2, 0.25) is 0 Å². The lowest BCUT2D eigenvalue weighted by Crippen LogP contribution is -2.23. The summed E-state index contributed by atoms with van der Waals surface area (Å²) in [5.74, 6) is -0.0853. The van der Waals surface area contributed by atoms with E-state index in [4.69, 9.17) is 0 Å². The number of aryl methyl sites for hydroxylation is 3. The second-order valence-electron chi connectivity index (χ2n) is 6.85. The first kappa shape index (κ1) is 18.3. The number of benzene rings is 2. The van der Waals surface area contributed by atoms with Crippen LogP contribution in [0.5, 0.6) is 0 Å². The van der Waals surface area contributed by atoms with Crippen molar-refractivity contribution in [2.24, 2.45) is 19.1 Å². The van der Waals surface area contributed by atoms with E-state index in [-0.39, 0.29) is 11.6 Å². The molecule has 6 nitrogen and oxygen atoms in total. The Morgan fingerprint density at radius 3 is 2.32 bits per heavy atom. The molecular weight excluding hydrogens is 372 g/mol. The van der Waals surface area contributed by atoms with Gasteiger partial charge in [-0.3, -0.25) is 18.8 Å². The summed E-state index contributed by atoms with van der Waals surface area (Å²) in [5.41, 5.74) is 4.47. The maximum Gasteiger partial charge on any atom is 0.328 e. The first-order valence-corrected chi connectivity index (χ1v) is 9.65. The highest BCUT2D eigenvalue weighted by Crippen LogP contribution is 2.33. The summed E-state index contributed by atoms with van der Waals surface area (Å²) in [7, 11) is 5.23. The van der Waals surface area contributed by atoms with E-state index in [2.05, 4.69) is 4.99 Å². The average Bonchev–Trinajstić information content (AvgIpc) is 3.07. The molecule has 0 atom stereocenters. The molecule has 1 aliphatic heterocycles. The Hall–Kier alpha value is -3.06. The van der Waals surface area contributed by atoms with Crippen molar-refractivity contribution in [2.45, 2.75) is 6.92 Å². The lowest BCUT2D eigenvalue weighted by molar-refractivity contribution is -0.121. The van der Waals surface area contributed by atoms with Crippen molar-refractivity contribution in [3.05, 3.63) is 69.0 Å². The maximum absolute atomic E-state index is 12.6. The van der Waals surface area contributed by atoms with Gasteiger partial charge in [-0.1, -0.05) is 23.8 Å². The molecule has 0 unspecified atom stereocenters. The Kier molecular flexibility index (Phi) is 4.47. The van der Waals surface area contributed by atoms with Crippen molar-refractivity contribution in [3.8, 4) is 0 Å². The second-order valence-corrected chi connectivity index (χ2v) is 7.86. The Balaban J connectivity index is 1.69. The van der Waals surface area contributed by atoms with Crippen LogP contribution in [0.15, 0.2) is 57.2 Å². The minimum atomic E-state index is -0.0853. The van der Waals surface area contributed by atoms with Gasteiger partial charge in [-0.25, -0.2) is 9.79 Å². The molecule has 28 heavy (non-hydrogen) atoms. The highest BCUT2D eigenvalue weighted by molar-refractivity contribution is 8.18. The monoisotopic (exact) mass is 392 g/mol. The summed E-state index contributed by atoms with van der Waals surface area (Å²) in [4.78, 5) is 31.5. The number of thioether (sulfide) groups is 1. The summed E-state index contributed by atoms with van der Waals surface area (Å²) < 4.78 is 3.22. The van der Waals surface area contributed by atoms with Gasteiger partial charge in [0.1, 0.15) is 0 Å². The SMILES string of the molecule is Cc1ccc(N=C2S/C(=C/c3ccc4c(c3)n(C)c(=O)n4C)C(=O)N2C)cc1. The first-order chi connectivity index (χ1) is 13.3. The number of aliphatic imine (C=N–C) groups is 1. The van der Waals surface area contributed by atoms with E-state index >= 15 is 0 Å². The second kappa shape index (κ2) is 6.83. The molecule has 7 heteroatoms. The summed E-state index contributed by atoms with van der Waals surface area (Å²) in [6, 6.07) is 13.6. The van der Waals surface area contributed by atoms with E-state index < -0.39 is 0 Å². The normalized spacial score (nSPS) is 17.4. The number of aromatic nitrogens is 2. The summed E-state index contributed by atoms with van der Waals surface area (Å²) in [6.07, 6.45) is 1.85. The van der Waals surface area contributed by atoms with Gasteiger partial charge in [0, 0.05) is 21.1 Å². The lowest BCUT2D eigenvalue weighted by atomic mass is 10.2. The van der Waals surface area contributed by atoms with Gasteiger partial charge in [-0.2, -0.15) is 0 Å². The number of fused-ring (bicyclic) bond motifs is 1. The van der Waals surface area contributed by atoms with Gasteiger partial charge in [0.05, 0.1) is 21.6 Å². The van der Waals surface area contributed by atoms with Gasteiger partial charge in [-0.15, -0.1) is 0 Å². The van der Waals surface area contributed by atoms with Crippen molar-refractivity contribution < 1.29 is 4.79 Å². The van der Waals surface area contributed by atoms with Crippen molar-refractivity contribution in [1.29, 1.82) is 0 Å². The Bertz CT molecular complexity index is 1220. The average molecular weight is 392 g/mol. The van der Waals surface area contributed by atoms with Crippen molar-refractivity contribution in [2.75, 3.05) is 7.05 Å². The molecule has 0 saturated carbocycles. The molecule has 1 saturated heterocycles. The number of hydrogen-bond donors (Lipinski definition) is 0. The van der Waals surface area contributed by atoms with Gasteiger partial charge >= 0.3 is 5.69 Å². The molecule has 0 spiro atoms. The molecule has 2 aromatic carbocycles. The van der Waals surface area contributed by atoms with Crippen molar-refractivity contribution in [1.82, 2.24) is 14.0 Å². The zero-order valence-electron chi connectivity index (χ0n) is 16.1. The van der Waals surface area contributed by atoms with Gasteiger partial charge in [0.25, 0.3) is 5.91 Å². The zero-order chi connectivity index (χ0) is 20.0. The highest BCUT2D eigenvalue weighted by atomic mass is 32.2. The van der Waals surface area contributed by atoms with Gasteiger partial charge < -0.3 is 0 Å². The van der Waals surface area contributed by atoms with E-state index in [1.54, 1.807) is 35.2 Å². The van der Waals surface area contributed by atoms with E-state index in [9.17, 15) is 9.59 Å². The number of nitrogens with zero attached hydrogens (tertiary/aromatic N) is 4. The fourth-order valence-electron chi connectivity index (χ4n) is 3.15. The molecule has 0 N–H and O–H groups in total. The number of carbonyl (C=O) groups is 1. The lowest BCUT2D eigenvalue weighted by Gasteiger charge is -2.07. The van der Waals surface area contributed by atoms with Gasteiger partial charge in [-0.05, 0) is 54.6 Å². The number of imidazole rings is 1. The first-order valence-electron chi connectivity index (χ1n) is 8.83. The van der Waals surface area contributed by atoms with Crippen molar-refractivity contribution in [3.63, 3.8) is 0 Å². The molecule has 1 aromatic heterocycles. The molecule has 4 rings (SSSR count). The summed E-state index contributed by atoms with van der Waals surface area (Å²) >= 11 is 1.35. The molecule has 0 aliphatic carbocycles. The standard InChI is InChI=1S/C21H20N4O2S/c1-13-5-8-15(9-6-13)22-20-25(4)19(26)18(28-20)12-14-7-10-16-17(11-14)24(3)21(27)23(16)2/h5-12H,1-4H3/b18-12+,22-20?. The summed E-state index contributed by atoms with van der Waals surface area (Å²) in [5, 5.41) is 0.647. The predicted octanol–water partition coefficient (Wildman–Crippen LogP) is 3.42. The molecule has 142 valence electrons. The smallest absolute Gasteiger partial charge is 0.295 e. The van der Waals surface area contributed by atoms with Crippen LogP contribution < -0.4 is 5.69 Å². The van der Waals surface area contributed by atoms with Crippen LogP contribution in [0.3, 0.4) is 0 Å². The number of amidine groups is 1. The van der Waals surface area contributed by atoms with E-state index in [0.29, 0.717) is 10.1 Å². The third kappa shape index (κ3) is 3.07. The fourth-order valence-corrected chi connectivity index (χ4v) is 4.13. The Morgan fingerprint density at radius 2 is 1.61 bits per heavy atom. The minimum Gasteiger partial charge on any atom is -0.295 e. The Labute approximate surface area is 166 Å². The predicted molar refractivity (Wildman–Crippen MR) is 115 cm³/mol. The van der Waals surface area contributed by atoms with Crippen molar-refractivity contribution >= 4 is 45.6 Å². The topological polar surface area (TPSA) is 59.6 Å². The Morgan fingerprint density at radius 1 is 0.929 bits per heavy atom. The van der Waals surface area contributed by atoms with Crippen LogP contribution in [-0.2, 0) is 18.9 Å². The number of amides is 1. The fraction of sp³-hybridized carbons (Fsp3) is 0.190. The molecule has 1 aliphatic rings. The number of rotatable bonds is 2. The molecule has 1 fully saturated rings. The molecule has 3 aromatic rings. The molecular formula is C21H20N4O2S. The zero-order valence-corrected chi connectivity index (χ0v) is 16.9. The van der Waals surface area contributed by atoms with Crippen LogP contribution in [0.4, 0.5) is 5.69 Å². The largest absolute Gasteiger partial charge is 0.328 e.